The molecule has 17 heavy (non-hydrogen) atoms. The van der Waals surface area contributed by atoms with Gasteiger partial charge in [0.1, 0.15) is 11.0 Å². The van der Waals surface area contributed by atoms with Crippen LogP contribution in [0.15, 0.2) is 52.4 Å². The maximum Gasteiger partial charge on any atom is 0.223 e. The first-order chi connectivity index (χ1) is 8.00. The predicted octanol–water partition coefficient (Wildman–Crippen LogP) is 2.71. The monoisotopic (exact) mass is 271 g/mol. The molecule has 88 valence electrons. The van der Waals surface area contributed by atoms with E-state index in [4.69, 9.17) is 11.6 Å². The Labute approximate surface area is 103 Å². The summed E-state index contributed by atoms with van der Waals surface area (Å²) in [6.45, 7) is 0. The molecule has 0 saturated heterocycles. The lowest BCUT2D eigenvalue weighted by Crippen LogP contribution is -2.04. The number of hydrogen-bond acceptors (Lipinski definition) is 3. The van der Waals surface area contributed by atoms with Crippen molar-refractivity contribution >= 4 is 21.4 Å². The molecule has 0 spiro atoms. The molecule has 3 nitrogen and oxygen atoms in total. The normalized spacial score (nSPS) is 11.4. The second kappa shape index (κ2) is 4.43. The molecule has 2 rings (SSSR count). The first-order valence-electron chi connectivity index (χ1n) is 4.63. The van der Waals surface area contributed by atoms with Crippen LogP contribution in [0.2, 0.25) is 5.15 Å². The summed E-state index contributed by atoms with van der Waals surface area (Å²) >= 11 is 5.63. The lowest BCUT2D eigenvalue weighted by atomic mass is 10.4. The third kappa shape index (κ3) is 2.45. The molecule has 0 radical (unpaired) electrons. The van der Waals surface area contributed by atoms with Gasteiger partial charge in [-0.05, 0) is 36.4 Å². The Morgan fingerprint density at radius 2 is 1.71 bits per heavy atom. The third-order valence-corrected chi connectivity index (χ3v) is 3.97. The molecule has 0 amide bonds. The van der Waals surface area contributed by atoms with Crippen LogP contribution in [-0.4, -0.2) is 13.4 Å². The van der Waals surface area contributed by atoms with E-state index in [-0.39, 0.29) is 15.1 Å². The van der Waals surface area contributed by atoms with E-state index < -0.39 is 15.7 Å². The molecule has 1 aromatic carbocycles. The van der Waals surface area contributed by atoms with Crippen molar-refractivity contribution in [3.63, 3.8) is 0 Å². The second-order valence-electron chi connectivity index (χ2n) is 3.26. The quantitative estimate of drug-likeness (QED) is 0.623. The molecule has 1 heterocycles. The van der Waals surface area contributed by atoms with Crippen LogP contribution >= 0.6 is 11.6 Å². The van der Waals surface area contributed by atoms with Gasteiger partial charge in [-0.15, -0.1) is 0 Å². The maximum absolute atomic E-state index is 12.7. The highest BCUT2D eigenvalue weighted by Gasteiger charge is 2.19. The lowest BCUT2D eigenvalue weighted by Gasteiger charge is -2.03. The van der Waals surface area contributed by atoms with Crippen LogP contribution in [0.5, 0.6) is 0 Å². The van der Waals surface area contributed by atoms with Crippen molar-refractivity contribution in [2.75, 3.05) is 0 Å². The Kier molecular flexibility index (Phi) is 3.13. The molecule has 0 bridgehead atoms. The highest BCUT2D eigenvalue weighted by atomic mass is 35.5. The van der Waals surface area contributed by atoms with Crippen LogP contribution in [0, 0.1) is 5.82 Å². The summed E-state index contributed by atoms with van der Waals surface area (Å²) < 4.78 is 36.8. The van der Waals surface area contributed by atoms with Crippen molar-refractivity contribution in [2.45, 2.75) is 9.92 Å². The zero-order valence-corrected chi connectivity index (χ0v) is 10.0. The minimum absolute atomic E-state index is 0.0198. The summed E-state index contributed by atoms with van der Waals surface area (Å²) in [4.78, 5) is 3.71. The molecule has 2 aromatic rings. The second-order valence-corrected chi connectivity index (χ2v) is 5.54. The van der Waals surface area contributed by atoms with Crippen molar-refractivity contribution in [3.8, 4) is 0 Å². The lowest BCUT2D eigenvalue weighted by molar-refractivity contribution is 0.591. The molecule has 0 atom stereocenters. The van der Waals surface area contributed by atoms with Crippen LogP contribution in [0.4, 0.5) is 4.39 Å². The van der Waals surface area contributed by atoms with Gasteiger partial charge < -0.3 is 0 Å². The van der Waals surface area contributed by atoms with E-state index in [0.717, 1.165) is 12.1 Å². The van der Waals surface area contributed by atoms with Crippen molar-refractivity contribution in [2.24, 2.45) is 0 Å². The van der Waals surface area contributed by atoms with Crippen molar-refractivity contribution in [1.29, 1.82) is 0 Å². The summed E-state index contributed by atoms with van der Waals surface area (Å²) in [7, 11) is -3.74. The van der Waals surface area contributed by atoms with Crippen LogP contribution < -0.4 is 0 Å². The molecule has 1 aromatic heterocycles. The number of pyridine rings is 1. The Morgan fingerprint density at radius 3 is 2.29 bits per heavy atom. The van der Waals surface area contributed by atoms with Crippen LogP contribution in [-0.2, 0) is 9.84 Å². The summed E-state index contributed by atoms with van der Waals surface area (Å²) in [6.07, 6.45) is 0. The minimum atomic E-state index is -3.74. The van der Waals surface area contributed by atoms with Crippen molar-refractivity contribution in [1.82, 2.24) is 4.98 Å². The van der Waals surface area contributed by atoms with Crippen molar-refractivity contribution < 1.29 is 12.8 Å². The van der Waals surface area contributed by atoms with Crippen LogP contribution in [0.3, 0.4) is 0 Å². The SMILES string of the molecule is O=S(=O)(c1ccc(F)cc1)c1cccc(Cl)n1. The van der Waals surface area contributed by atoms with Gasteiger partial charge in [-0.2, -0.15) is 0 Å². The van der Waals surface area contributed by atoms with Gasteiger partial charge in [-0.1, -0.05) is 17.7 Å². The van der Waals surface area contributed by atoms with Gasteiger partial charge in [0.15, 0.2) is 5.03 Å². The summed E-state index contributed by atoms with van der Waals surface area (Å²) in [5, 5.41) is -0.0650. The highest BCUT2D eigenvalue weighted by Crippen LogP contribution is 2.20. The number of benzene rings is 1. The Morgan fingerprint density at radius 1 is 1.06 bits per heavy atom. The zero-order chi connectivity index (χ0) is 12.5. The van der Waals surface area contributed by atoms with Crippen LogP contribution in [0.1, 0.15) is 0 Å². The molecular formula is C11H7ClFNO2S. The Bertz CT molecular complexity index is 641. The predicted molar refractivity (Wildman–Crippen MR) is 61.1 cm³/mol. The molecule has 6 heteroatoms. The first kappa shape index (κ1) is 12.0. The van der Waals surface area contributed by atoms with Gasteiger partial charge in [0.25, 0.3) is 0 Å². The molecular weight excluding hydrogens is 265 g/mol. The fourth-order valence-electron chi connectivity index (χ4n) is 1.27. The number of halogens is 2. The molecule has 0 aliphatic rings. The molecule has 0 fully saturated rings. The van der Waals surface area contributed by atoms with E-state index in [1.54, 1.807) is 0 Å². The Hall–Kier alpha value is -1.46. The van der Waals surface area contributed by atoms with Gasteiger partial charge in [0.05, 0.1) is 4.90 Å². The smallest absolute Gasteiger partial charge is 0.223 e. The van der Waals surface area contributed by atoms with Gasteiger partial charge >= 0.3 is 0 Å². The first-order valence-corrected chi connectivity index (χ1v) is 6.49. The van der Waals surface area contributed by atoms with Gasteiger partial charge in [-0.3, -0.25) is 0 Å². The number of sulfone groups is 1. The molecule has 0 saturated carbocycles. The molecule has 0 aliphatic heterocycles. The zero-order valence-electron chi connectivity index (χ0n) is 8.47. The average molecular weight is 272 g/mol. The highest BCUT2D eigenvalue weighted by molar-refractivity contribution is 7.91. The fraction of sp³-hybridized carbons (Fsp3) is 0. The maximum atomic E-state index is 12.7. The summed E-state index contributed by atoms with van der Waals surface area (Å²) in [5.74, 6) is -0.497. The van der Waals surface area contributed by atoms with E-state index in [1.165, 1.54) is 30.3 Å². The van der Waals surface area contributed by atoms with E-state index in [2.05, 4.69) is 4.98 Å². The molecule has 0 N–H and O–H groups in total. The number of hydrogen-bond donors (Lipinski definition) is 0. The largest absolute Gasteiger partial charge is 0.224 e. The van der Waals surface area contributed by atoms with E-state index in [0.29, 0.717) is 0 Å². The van der Waals surface area contributed by atoms with Gasteiger partial charge in [0, 0.05) is 0 Å². The number of nitrogens with zero attached hydrogens (tertiary/aromatic N) is 1. The Balaban J connectivity index is 2.54. The van der Waals surface area contributed by atoms with E-state index >= 15 is 0 Å². The summed E-state index contributed by atoms with van der Waals surface area (Å²) in [5.41, 5.74) is 0. The van der Waals surface area contributed by atoms with E-state index in [1.807, 2.05) is 0 Å². The standard InChI is InChI=1S/C11H7ClFNO2S/c12-10-2-1-3-11(14-10)17(15,16)9-6-4-8(13)5-7-9/h1-7H. The number of rotatable bonds is 2. The average Bonchev–Trinajstić information content (AvgIpc) is 2.29. The third-order valence-electron chi connectivity index (χ3n) is 2.09. The van der Waals surface area contributed by atoms with Crippen LogP contribution in [0.25, 0.3) is 0 Å². The van der Waals surface area contributed by atoms with Gasteiger partial charge in [-0.25, -0.2) is 17.8 Å². The van der Waals surface area contributed by atoms with Crippen molar-refractivity contribution in [3.05, 3.63) is 53.4 Å². The van der Waals surface area contributed by atoms with E-state index in [9.17, 15) is 12.8 Å². The minimum Gasteiger partial charge on any atom is -0.224 e. The number of aromatic nitrogens is 1. The topological polar surface area (TPSA) is 47.0 Å². The fourth-order valence-corrected chi connectivity index (χ4v) is 2.70. The molecule has 0 aliphatic carbocycles. The van der Waals surface area contributed by atoms with Gasteiger partial charge in [0.2, 0.25) is 9.84 Å². The summed E-state index contributed by atoms with van der Waals surface area (Å²) in [6, 6.07) is 8.84. The molecule has 0 unspecified atom stereocenters.